The van der Waals surface area contributed by atoms with E-state index < -0.39 is 5.54 Å². The number of pyridine rings is 1. The molecule has 0 aliphatic rings. The molecule has 0 aliphatic heterocycles. The topological polar surface area (TPSA) is 59.2 Å². The first-order valence-electron chi connectivity index (χ1n) is 4.39. The van der Waals surface area contributed by atoms with E-state index in [-0.39, 0.29) is 6.61 Å². The van der Waals surface area contributed by atoms with Crippen LogP contribution < -0.4 is 0 Å². The summed E-state index contributed by atoms with van der Waals surface area (Å²) in [6.07, 6.45) is 2.99. The normalized spacial score (nSPS) is 12.9. The molecule has 1 rings (SSSR count). The van der Waals surface area contributed by atoms with Crippen molar-refractivity contribution in [3.8, 4) is 0 Å². The molecule has 1 heterocycles. The Morgan fingerprint density at radius 3 is 2.79 bits per heavy atom. The van der Waals surface area contributed by atoms with Gasteiger partial charge in [0.15, 0.2) is 5.54 Å². The maximum Gasteiger partial charge on any atom is 0.200 e. The highest BCUT2D eigenvalue weighted by molar-refractivity contribution is 5.72. The first-order valence-corrected chi connectivity index (χ1v) is 4.39. The van der Waals surface area contributed by atoms with E-state index >= 15 is 0 Å². The Labute approximate surface area is 83.1 Å². The quantitative estimate of drug-likeness (QED) is 0.335. The summed E-state index contributed by atoms with van der Waals surface area (Å²) in [5.74, 6) is 0. The van der Waals surface area contributed by atoms with Crippen molar-refractivity contribution in [2.45, 2.75) is 19.4 Å². The molecule has 0 fully saturated rings. The maximum atomic E-state index is 11.5. The number of aliphatic hydroxyl groups excluding tert-OH is 1. The molecule has 0 spiro atoms. The lowest BCUT2D eigenvalue weighted by Gasteiger charge is -2.20. The van der Waals surface area contributed by atoms with Gasteiger partial charge in [0, 0.05) is 20.0 Å². The number of hydrogen-bond acceptors (Lipinski definition) is 3. The van der Waals surface area contributed by atoms with E-state index in [4.69, 9.17) is 5.11 Å². The maximum absolute atomic E-state index is 11.5. The molecule has 76 valence electrons. The van der Waals surface area contributed by atoms with E-state index in [9.17, 15) is 5.21 Å². The first-order chi connectivity index (χ1) is 6.56. The fourth-order valence-corrected chi connectivity index (χ4v) is 0.817. The molecule has 14 heavy (non-hydrogen) atoms. The van der Waals surface area contributed by atoms with Crippen LogP contribution in [0.4, 0.5) is 0 Å². The average molecular weight is 194 g/mol. The predicted molar refractivity (Wildman–Crippen MR) is 54.2 cm³/mol. The third-order valence-electron chi connectivity index (χ3n) is 1.92. The highest BCUT2D eigenvalue weighted by Gasteiger charge is 2.24. The highest BCUT2D eigenvalue weighted by Crippen LogP contribution is 2.05. The molecule has 1 aromatic rings. The molecule has 0 amide bonds. The van der Waals surface area contributed by atoms with E-state index in [2.05, 4.69) is 4.98 Å². The molecule has 0 saturated carbocycles. The van der Waals surface area contributed by atoms with Gasteiger partial charge in [0.05, 0.1) is 0 Å². The Morgan fingerprint density at radius 2 is 2.29 bits per heavy atom. The number of aromatic nitrogens is 1. The first kappa shape index (κ1) is 10.7. The van der Waals surface area contributed by atoms with Crippen LogP contribution in [0.3, 0.4) is 0 Å². The Kier molecular flexibility index (Phi) is 3.19. The third kappa shape index (κ3) is 2.53. The molecule has 0 radical (unpaired) electrons. The summed E-state index contributed by atoms with van der Waals surface area (Å²) in [6.45, 7) is 3.14. The summed E-state index contributed by atoms with van der Waals surface area (Å²) in [6, 6.07) is 5.32. The second kappa shape index (κ2) is 4.19. The van der Waals surface area contributed by atoms with Gasteiger partial charge in [0.2, 0.25) is 6.21 Å². The van der Waals surface area contributed by atoms with Crippen molar-refractivity contribution in [3.05, 3.63) is 35.3 Å². The van der Waals surface area contributed by atoms with Crippen LogP contribution in [0, 0.1) is 5.21 Å². The van der Waals surface area contributed by atoms with Gasteiger partial charge in [0.25, 0.3) is 0 Å². The summed E-state index contributed by atoms with van der Waals surface area (Å²) < 4.78 is 0.718. The standard InChI is InChI=1S/C10H14N2O2/c1-10(2,8-13)12(14)7-9-5-3-4-6-11-9/h3-7,13H,8H2,1-2H3/b12-7-. The van der Waals surface area contributed by atoms with E-state index in [0.717, 1.165) is 4.74 Å². The van der Waals surface area contributed by atoms with Crippen LogP contribution in [-0.2, 0) is 0 Å². The molecule has 4 nitrogen and oxygen atoms in total. The molecule has 0 unspecified atom stereocenters. The van der Waals surface area contributed by atoms with E-state index in [1.165, 1.54) is 6.21 Å². The zero-order chi connectivity index (χ0) is 10.6. The van der Waals surface area contributed by atoms with Gasteiger partial charge in [-0.2, -0.15) is 0 Å². The second-order valence-electron chi connectivity index (χ2n) is 3.68. The van der Waals surface area contributed by atoms with E-state index in [1.54, 1.807) is 38.2 Å². The van der Waals surface area contributed by atoms with Crippen molar-refractivity contribution in [2.24, 2.45) is 0 Å². The molecule has 0 bridgehead atoms. The van der Waals surface area contributed by atoms with Crippen LogP contribution in [0.5, 0.6) is 0 Å². The molecule has 0 atom stereocenters. The Hall–Kier alpha value is -1.42. The fourth-order valence-electron chi connectivity index (χ4n) is 0.817. The van der Waals surface area contributed by atoms with Crippen LogP contribution >= 0.6 is 0 Å². The van der Waals surface area contributed by atoms with Crippen LogP contribution in [0.2, 0.25) is 0 Å². The van der Waals surface area contributed by atoms with Crippen LogP contribution in [0.1, 0.15) is 19.5 Å². The monoisotopic (exact) mass is 194 g/mol. The predicted octanol–water partition coefficient (Wildman–Crippen LogP) is 0.782. The largest absolute Gasteiger partial charge is 0.623 e. The average Bonchev–Trinajstić information content (AvgIpc) is 2.19. The Balaban J connectivity index is 2.89. The Bertz CT molecular complexity index is 320. The van der Waals surface area contributed by atoms with Crippen molar-refractivity contribution < 1.29 is 9.85 Å². The molecule has 4 heteroatoms. The summed E-state index contributed by atoms with van der Waals surface area (Å²) in [4.78, 5) is 3.99. The van der Waals surface area contributed by atoms with Crippen molar-refractivity contribution >= 4 is 6.21 Å². The number of aliphatic hydroxyl groups is 1. The number of nitrogens with zero attached hydrogens (tertiary/aromatic N) is 2. The van der Waals surface area contributed by atoms with Gasteiger partial charge >= 0.3 is 0 Å². The molecule has 0 saturated heterocycles. The highest BCUT2D eigenvalue weighted by atomic mass is 16.5. The van der Waals surface area contributed by atoms with Crippen molar-refractivity contribution in [1.29, 1.82) is 0 Å². The lowest BCUT2D eigenvalue weighted by molar-refractivity contribution is -0.539. The second-order valence-corrected chi connectivity index (χ2v) is 3.68. The number of hydroxylamine groups is 1. The summed E-state index contributed by atoms with van der Waals surface area (Å²) in [5.41, 5.74) is -0.221. The molecule has 0 aromatic carbocycles. The lowest BCUT2D eigenvalue weighted by Crippen LogP contribution is -2.37. The third-order valence-corrected chi connectivity index (χ3v) is 1.92. The van der Waals surface area contributed by atoms with Crippen LogP contribution in [0.15, 0.2) is 24.4 Å². The van der Waals surface area contributed by atoms with Gasteiger partial charge in [-0.25, -0.2) is 4.74 Å². The molecule has 1 N–H and O–H groups in total. The van der Waals surface area contributed by atoms with E-state index in [1.807, 2.05) is 0 Å². The van der Waals surface area contributed by atoms with Crippen LogP contribution in [-0.4, -0.2) is 33.2 Å². The van der Waals surface area contributed by atoms with Gasteiger partial charge in [0.1, 0.15) is 12.3 Å². The SMILES string of the molecule is CC(C)(CO)/[N+]([O-])=C/c1ccccn1. The van der Waals surface area contributed by atoms with E-state index in [0.29, 0.717) is 5.69 Å². The number of rotatable bonds is 3. The van der Waals surface area contributed by atoms with Gasteiger partial charge in [-0.3, -0.25) is 4.98 Å². The smallest absolute Gasteiger partial charge is 0.200 e. The summed E-state index contributed by atoms with van der Waals surface area (Å²) in [7, 11) is 0. The minimum absolute atomic E-state index is 0.195. The van der Waals surface area contributed by atoms with Crippen molar-refractivity contribution in [3.63, 3.8) is 0 Å². The van der Waals surface area contributed by atoms with Crippen molar-refractivity contribution in [2.75, 3.05) is 6.61 Å². The van der Waals surface area contributed by atoms with Crippen molar-refractivity contribution in [1.82, 2.24) is 4.98 Å². The van der Waals surface area contributed by atoms with Gasteiger partial charge in [-0.1, -0.05) is 6.07 Å². The zero-order valence-electron chi connectivity index (χ0n) is 8.34. The minimum Gasteiger partial charge on any atom is -0.623 e. The van der Waals surface area contributed by atoms with Gasteiger partial charge in [-0.15, -0.1) is 0 Å². The minimum atomic E-state index is -0.808. The van der Waals surface area contributed by atoms with Crippen LogP contribution in [0.25, 0.3) is 0 Å². The fraction of sp³-hybridized carbons (Fsp3) is 0.400. The lowest BCUT2D eigenvalue weighted by atomic mass is 10.1. The number of hydrogen-bond donors (Lipinski definition) is 1. The molecular formula is C10H14N2O2. The summed E-state index contributed by atoms with van der Waals surface area (Å²) in [5, 5.41) is 20.5. The van der Waals surface area contributed by atoms with Gasteiger partial charge < -0.3 is 10.3 Å². The Morgan fingerprint density at radius 1 is 1.57 bits per heavy atom. The zero-order valence-corrected chi connectivity index (χ0v) is 8.34. The summed E-state index contributed by atoms with van der Waals surface area (Å²) >= 11 is 0. The van der Waals surface area contributed by atoms with Gasteiger partial charge in [-0.05, 0) is 12.1 Å². The molecule has 1 aromatic heterocycles. The molecular weight excluding hydrogens is 180 g/mol. The molecule has 0 aliphatic carbocycles.